The Kier molecular flexibility index (Phi) is 6.49. The van der Waals surface area contributed by atoms with Crippen molar-refractivity contribution in [1.82, 2.24) is 0 Å². The van der Waals surface area contributed by atoms with Gasteiger partial charge in [-0.3, -0.25) is 0 Å². The van der Waals surface area contributed by atoms with Gasteiger partial charge in [-0.2, -0.15) is 4.39 Å². The summed E-state index contributed by atoms with van der Waals surface area (Å²) in [6, 6.07) is 22.3. The molecule has 2 fully saturated rings. The Morgan fingerprint density at radius 2 is 1.13 bits per heavy atom. The molecule has 0 unspecified atom stereocenters. The number of hydrogen-bond acceptors (Lipinski definition) is 2. The van der Waals surface area contributed by atoms with Crippen LogP contribution in [0.15, 0.2) is 72.8 Å². The Bertz CT molecular complexity index is 1390. The van der Waals surface area contributed by atoms with Crippen LogP contribution in [0.1, 0.15) is 71.1 Å². The van der Waals surface area contributed by atoms with Gasteiger partial charge in [-0.05, 0) is 90.0 Å². The molecule has 1 heterocycles. The number of halogens is 1. The van der Waals surface area contributed by atoms with Crippen LogP contribution in [0.5, 0.6) is 11.5 Å². The minimum Gasteiger partial charge on any atom is -0.426 e. The molecular weight excluding hydrogens is 483 g/mol. The fourth-order valence-electron chi connectivity index (χ4n) is 7.97. The Morgan fingerprint density at radius 3 is 1.64 bits per heavy atom. The van der Waals surface area contributed by atoms with Gasteiger partial charge in [0.15, 0.2) is 0 Å². The first-order valence-corrected chi connectivity index (χ1v) is 15.2. The Morgan fingerprint density at radius 1 is 0.641 bits per heavy atom. The maximum atomic E-state index is 17.1. The van der Waals surface area contributed by atoms with Crippen molar-refractivity contribution < 1.29 is 13.9 Å². The topological polar surface area (TPSA) is 18.5 Å². The molecule has 0 spiro atoms. The molecule has 4 aromatic carbocycles. The smallest absolute Gasteiger partial charge is 0.410 e. The van der Waals surface area contributed by atoms with Gasteiger partial charge in [0.05, 0.1) is 5.92 Å². The van der Waals surface area contributed by atoms with E-state index in [1.54, 1.807) is 0 Å². The highest BCUT2D eigenvalue weighted by Gasteiger charge is 2.49. The van der Waals surface area contributed by atoms with Crippen LogP contribution in [0.3, 0.4) is 0 Å². The molecule has 39 heavy (non-hydrogen) atoms. The summed E-state index contributed by atoms with van der Waals surface area (Å²) >= 11 is 0. The van der Waals surface area contributed by atoms with Gasteiger partial charge in [0, 0.05) is 11.1 Å². The molecule has 3 aliphatic rings. The normalized spacial score (nSPS) is 26.2. The third kappa shape index (κ3) is 4.48. The fourth-order valence-corrected chi connectivity index (χ4v) is 7.97. The van der Waals surface area contributed by atoms with Crippen molar-refractivity contribution in [3.63, 3.8) is 0 Å². The SMILES string of the molecule is CCCC1CCC(C2CCC(C3(F)Oc4ccc5ccccc5c4-c4c(ccc5ccccc45)O3)CC2)CC1. The van der Waals surface area contributed by atoms with E-state index in [9.17, 15) is 0 Å². The second-order valence-corrected chi connectivity index (χ2v) is 12.3. The van der Waals surface area contributed by atoms with Gasteiger partial charge in [0.25, 0.3) is 0 Å². The summed E-state index contributed by atoms with van der Waals surface area (Å²) in [6.07, 6.45) is 11.9. The minimum absolute atomic E-state index is 0.290. The lowest BCUT2D eigenvalue weighted by atomic mass is 9.68. The second-order valence-electron chi connectivity index (χ2n) is 12.3. The zero-order valence-electron chi connectivity index (χ0n) is 23.0. The van der Waals surface area contributed by atoms with Crippen molar-refractivity contribution in [2.75, 3.05) is 0 Å². The van der Waals surface area contributed by atoms with Crippen molar-refractivity contribution in [2.24, 2.45) is 23.7 Å². The number of benzene rings is 4. The molecule has 3 heteroatoms. The van der Waals surface area contributed by atoms with Gasteiger partial charge in [0.2, 0.25) is 0 Å². The Balaban J connectivity index is 1.21. The van der Waals surface area contributed by atoms with Crippen LogP contribution >= 0.6 is 0 Å². The van der Waals surface area contributed by atoms with Crippen molar-refractivity contribution in [3.05, 3.63) is 72.8 Å². The molecule has 0 radical (unpaired) electrons. The van der Waals surface area contributed by atoms with Crippen LogP contribution in [0.2, 0.25) is 0 Å². The summed E-state index contributed by atoms with van der Waals surface area (Å²) in [7, 11) is 0. The van der Waals surface area contributed by atoms with E-state index in [-0.39, 0.29) is 5.92 Å². The van der Waals surface area contributed by atoms with Crippen LogP contribution in [-0.4, -0.2) is 6.04 Å². The molecule has 2 aliphatic carbocycles. The van der Waals surface area contributed by atoms with Gasteiger partial charge >= 0.3 is 6.04 Å². The average Bonchev–Trinajstić information content (AvgIpc) is 3.12. The van der Waals surface area contributed by atoms with Crippen molar-refractivity contribution in [3.8, 4) is 22.6 Å². The molecule has 1 aliphatic heterocycles. The number of fused-ring (bicyclic) bond motifs is 7. The highest BCUT2D eigenvalue weighted by Crippen LogP contribution is 2.53. The molecule has 0 saturated heterocycles. The lowest BCUT2D eigenvalue weighted by Gasteiger charge is -2.40. The fraction of sp³-hybridized carbons (Fsp3) is 0.444. The van der Waals surface area contributed by atoms with Crippen LogP contribution < -0.4 is 9.47 Å². The molecule has 2 nitrogen and oxygen atoms in total. The highest BCUT2D eigenvalue weighted by molar-refractivity contribution is 6.09. The third-order valence-corrected chi connectivity index (χ3v) is 10.0. The summed E-state index contributed by atoms with van der Waals surface area (Å²) < 4.78 is 29.8. The van der Waals surface area contributed by atoms with E-state index in [2.05, 4.69) is 31.2 Å². The number of hydrogen-bond donors (Lipinski definition) is 0. The quantitative estimate of drug-likeness (QED) is 0.265. The molecule has 2 saturated carbocycles. The maximum absolute atomic E-state index is 17.1. The molecule has 4 aromatic rings. The third-order valence-electron chi connectivity index (χ3n) is 10.0. The second kappa shape index (κ2) is 10.2. The first-order valence-electron chi connectivity index (χ1n) is 15.2. The van der Waals surface area contributed by atoms with Crippen molar-refractivity contribution in [2.45, 2.75) is 77.2 Å². The van der Waals surface area contributed by atoms with Gasteiger partial charge in [-0.1, -0.05) is 93.3 Å². The predicted molar refractivity (Wildman–Crippen MR) is 158 cm³/mol. The molecule has 0 N–H and O–H groups in total. The first kappa shape index (κ1) is 24.9. The maximum Gasteiger partial charge on any atom is 0.410 e. The highest BCUT2D eigenvalue weighted by atomic mass is 19.2. The molecule has 0 aromatic heterocycles. The molecule has 0 amide bonds. The number of alkyl halides is 1. The summed E-state index contributed by atoms with van der Waals surface area (Å²) in [5.74, 6) is 3.31. The summed E-state index contributed by atoms with van der Waals surface area (Å²) in [5, 5.41) is 4.34. The molecule has 0 atom stereocenters. The van der Waals surface area contributed by atoms with Gasteiger partial charge < -0.3 is 9.47 Å². The van der Waals surface area contributed by atoms with E-state index < -0.39 is 6.04 Å². The lowest BCUT2D eigenvalue weighted by molar-refractivity contribution is -0.257. The summed E-state index contributed by atoms with van der Waals surface area (Å²) in [4.78, 5) is 0. The first-order chi connectivity index (χ1) is 19.1. The van der Waals surface area contributed by atoms with Crippen LogP contribution in [0, 0.1) is 23.7 Å². The Hall–Kier alpha value is -3.07. The number of ether oxygens (including phenoxy) is 2. The van der Waals surface area contributed by atoms with E-state index in [1.165, 1.54) is 38.5 Å². The monoisotopic (exact) mass is 522 g/mol. The van der Waals surface area contributed by atoms with E-state index in [1.807, 2.05) is 48.5 Å². The number of rotatable bonds is 4. The molecular formula is C36H39FO2. The van der Waals surface area contributed by atoms with E-state index >= 15 is 4.39 Å². The van der Waals surface area contributed by atoms with Crippen molar-refractivity contribution >= 4 is 21.5 Å². The van der Waals surface area contributed by atoms with Gasteiger partial charge in [-0.15, -0.1) is 0 Å². The zero-order valence-corrected chi connectivity index (χ0v) is 23.0. The van der Waals surface area contributed by atoms with Crippen LogP contribution in [0.25, 0.3) is 32.7 Å². The van der Waals surface area contributed by atoms with E-state index in [4.69, 9.17) is 9.47 Å². The molecule has 7 rings (SSSR count). The van der Waals surface area contributed by atoms with Gasteiger partial charge in [-0.25, -0.2) is 0 Å². The standard InChI is InChI=1S/C36H39FO2/c1-2-7-24-12-14-25(15-13-24)26-16-20-29(21-17-26)36(37)38-32-22-18-27-8-3-5-10-30(27)34(32)35-31-11-6-4-9-28(31)19-23-33(35)39-36/h3-6,8-11,18-19,22-26,29H,2,7,12-17,20-21H2,1H3. The minimum atomic E-state index is -2.19. The largest absolute Gasteiger partial charge is 0.426 e. The molecule has 202 valence electrons. The Labute approximate surface area is 231 Å². The molecule has 0 bridgehead atoms. The summed E-state index contributed by atoms with van der Waals surface area (Å²) in [5.41, 5.74) is 1.86. The van der Waals surface area contributed by atoms with Gasteiger partial charge in [0.1, 0.15) is 11.5 Å². The summed E-state index contributed by atoms with van der Waals surface area (Å²) in [6.45, 7) is 2.31. The van der Waals surface area contributed by atoms with Crippen LogP contribution in [0.4, 0.5) is 4.39 Å². The average molecular weight is 523 g/mol. The van der Waals surface area contributed by atoms with E-state index in [0.29, 0.717) is 17.4 Å². The van der Waals surface area contributed by atoms with Crippen molar-refractivity contribution in [1.29, 1.82) is 0 Å². The van der Waals surface area contributed by atoms with E-state index in [0.717, 1.165) is 70.2 Å². The zero-order chi connectivity index (χ0) is 26.4. The predicted octanol–water partition coefficient (Wildman–Crippen LogP) is 10.5. The van der Waals surface area contributed by atoms with Crippen LogP contribution in [-0.2, 0) is 0 Å². The lowest BCUT2D eigenvalue weighted by Crippen LogP contribution is -2.46.